The summed E-state index contributed by atoms with van der Waals surface area (Å²) in [5.41, 5.74) is 8.60. The maximum Gasteiger partial charge on any atom is 0.0363 e. The summed E-state index contributed by atoms with van der Waals surface area (Å²) in [7, 11) is 2.18. The molecule has 0 heterocycles. The van der Waals surface area contributed by atoms with Crippen molar-refractivity contribution < 1.29 is 0 Å². The van der Waals surface area contributed by atoms with Crippen LogP contribution in [-0.4, -0.2) is 19.6 Å². The molecule has 0 saturated heterocycles. The van der Waals surface area contributed by atoms with Crippen molar-refractivity contribution in [2.24, 2.45) is 11.7 Å². The molecule has 1 aliphatic rings. The van der Waals surface area contributed by atoms with Crippen LogP contribution in [0.2, 0.25) is 0 Å². The predicted molar refractivity (Wildman–Crippen MR) is 79.1 cm³/mol. The molecule has 2 heteroatoms. The molecule has 1 aromatic carbocycles. The minimum Gasteiger partial charge on any atom is -0.374 e. The van der Waals surface area contributed by atoms with Crippen molar-refractivity contribution in [3.8, 4) is 0 Å². The van der Waals surface area contributed by atoms with Gasteiger partial charge < -0.3 is 10.6 Å². The van der Waals surface area contributed by atoms with Gasteiger partial charge in [-0.2, -0.15) is 0 Å². The maximum absolute atomic E-state index is 5.83. The monoisotopic (exact) mass is 246 g/mol. The molecular formula is C16H26N2. The Morgan fingerprint density at radius 2 is 1.89 bits per heavy atom. The van der Waals surface area contributed by atoms with E-state index in [1.165, 1.54) is 30.5 Å². The van der Waals surface area contributed by atoms with Crippen molar-refractivity contribution in [1.29, 1.82) is 0 Å². The van der Waals surface area contributed by atoms with Gasteiger partial charge in [-0.1, -0.05) is 26.0 Å². The zero-order chi connectivity index (χ0) is 13.1. The summed E-state index contributed by atoms with van der Waals surface area (Å²) in [5.74, 6) is 1.45. The molecular weight excluding hydrogens is 220 g/mol. The summed E-state index contributed by atoms with van der Waals surface area (Å²) < 4.78 is 0. The highest BCUT2D eigenvalue weighted by Gasteiger charge is 2.26. The summed E-state index contributed by atoms with van der Waals surface area (Å²) >= 11 is 0. The van der Waals surface area contributed by atoms with Crippen LogP contribution < -0.4 is 10.6 Å². The van der Waals surface area contributed by atoms with Crippen LogP contribution in [0.5, 0.6) is 0 Å². The summed E-state index contributed by atoms with van der Waals surface area (Å²) in [6, 6.07) is 9.50. The largest absolute Gasteiger partial charge is 0.374 e. The first-order valence-corrected chi connectivity index (χ1v) is 7.16. The maximum atomic E-state index is 5.83. The average Bonchev–Trinajstić information content (AvgIpc) is 2.36. The number of hydrogen-bond acceptors (Lipinski definition) is 2. The number of anilines is 1. The summed E-state index contributed by atoms with van der Waals surface area (Å²) in [6.07, 6.45) is 3.58. The van der Waals surface area contributed by atoms with Crippen molar-refractivity contribution in [3.05, 3.63) is 29.8 Å². The van der Waals surface area contributed by atoms with E-state index in [-0.39, 0.29) is 0 Å². The Labute approximate surface area is 111 Å². The molecule has 1 fully saturated rings. The van der Waals surface area contributed by atoms with Gasteiger partial charge in [0.05, 0.1) is 0 Å². The van der Waals surface area contributed by atoms with Gasteiger partial charge in [-0.05, 0) is 48.8 Å². The zero-order valence-electron chi connectivity index (χ0n) is 11.9. The third-order valence-corrected chi connectivity index (χ3v) is 4.32. The lowest BCUT2D eigenvalue weighted by molar-refractivity contribution is 0.271. The molecule has 2 N–H and O–H groups in total. The molecule has 0 bridgehead atoms. The fourth-order valence-corrected chi connectivity index (χ4v) is 2.72. The van der Waals surface area contributed by atoms with Gasteiger partial charge in [-0.25, -0.2) is 0 Å². The quantitative estimate of drug-likeness (QED) is 0.863. The Kier molecular flexibility index (Phi) is 4.28. The minimum absolute atomic E-state index is 0.455. The van der Waals surface area contributed by atoms with Gasteiger partial charge in [0, 0.05) is 25.3 Å². The second kappa shape index (κ2) is 5.75. The first-order chi connectivity index (χ1) is 8.60. The second-order valence-corrected chi connectivity index (χ2v) is 5.88. The molecule has 1 unspecified atom stereocenters. The van der Waals surface area contributed by atoms with Crippen LogP contribution in [0.15, 0.2) is 24.3 Å². The first-order valence-electron chi connectivity index (χ1n) is 7.16. The molecule has 1 saturated carbocycles. The predicted octanol–water partition coefficient (Wildman–Crippen LogP) is 3.37. The fourth-order valence-electron chi connectivity index (χ4n) is 2.72. The third-order valence-electron chi connectivity index (χ3n) is 4.32. The minimum atomic E-state index is 0.455. The van der Waals surface area contributed by atoms with Crippen LogP contribution in [0.3, 0.4) is 0 Å². The lowest BCUT2D eigenvalue weighted by Crippen LogP contribution is -2.41. The van der Waals surface area contributed by atoms with Crippen LogP contribution >= 0.6 is 0 Å². The first kappa shape index (κ1) is 13.4. The van der Waals surface area contributed by atoms with E-state index in [4.69, 9.17) is 5.73 Å². The Hall–Kier alpha value is -1.02. The van der Waals surface area contributed by atoms with Crippen molar-refractivity contribution in [2.45, 2.75) is 45.1 Å². The van der Waals surface area contributed by atoms with Crippen molar-refractivity contribution in [2.75, 3.05) is 18.5 Å². The van der Waals surface area contributed by atoms with E-state index >= 15 is 0 Å². The highest BCUT2D eigenvalue weighted by Crippen LogP contribution is 2.28. The molecule has 2 rings (SSSR count). The summed E-state index contributed by atoms with van der Waals surface area (Å²) in [6.45, 7) is 5.66. The van der Waals surface area contributed by atoms with E-state index in [9.17, 15) is 0 Å². The molecule has 2 nitrogen and oxygen atoms in total. The van der Waals surface area contributed by atoms with Crippen LogP contribution in [0, 0.1) is 5.92 Å². The SMILES string of the molecule is CCC(C)c1ccc(N(C)CC2CC(N)C2)cc1. The lowest BCUT2D eigenvalue weighted by atomic mass is 9.80. The van der Waals surface area contributed by atoms with E-state index in [0.717, 1.165) is 12.5 Å². The molecule has 1 atom stereocenters. The molecule has 100 valence electrons. The molecule has 1 aromatic rings. The Balaban J connectivity index is 1.92. The lowest BCUT2D eigenvalue weighted by Gasteiger charge is -2.36. The van der Waals surface area contributed by atoms with Gasteiger partial charge in [0.2, 0.25) is 0 Å². The van der Waals surface area contributed by atoms with Crippen LogP contribution in [0.1, 0.15) is 44.6 Å². The molecule has 18 heavy (non-hydrogen) atoms. The Morgan fingerprint density at radius 1 is 1.28 bits per heavy atom. The number of hydrogen-bond donors (Lipinski definition) is 1. The highest BCUT2D eigenvalue weighted by atomic mass is 15.1. The molecule has 0 radical (unpaired) electrons. The van der Waals surface area contributed by atoms with E-state index in [1.807, 2.05) is 0 Å². The molecule has 1 aliphatic carbocycles. The number of benzene rings is 1. The summed E-state index contributed by atoms with van der Waals surface area (Å²) in [4.78, 5) is 2.36. The fraction of sp³-hybridized carbons (Fsp3) is 0.625. The topological polar surface area (TPSA) is 29.3 Å². The highest BCUT2D eigenvalue weighted by molar-refractivity contribution is 5.47. The standard InChI is InChI=1S/C16H26N2/c1-4-12(2)14-5-7-16(8-6-14)18(3)11-13-9-15(17)10-13/h5-8,12-13,15H,4,9-11,17H2,1-3H3. The van der Waals surface area contributed by atoms with Gasteiger partial charge in [0.25, 0.3) is 0 Å². The summed E-state index contributed by atoms with van der Waals surface area (Å²) in [5, 5.41) is 0. The van der Waals surface area contributed by atoms with E-state index in [2.05, 4.69) is 50.1 Å². The van der Waals surface area contributed by atoms with Crippen molar-refractivity contribution in [3.63, 3.8) is 0 Å². The van der Waals surface area contributed by atoms with E-state index < -0.39 is 0 Å². The third kappa shape index (κ3) is 3.05. The van der Waals surface area contributed by atoms with Crippen molar-refractivity contribution in [1.82, 2.24) is 0 Å². The Bertz CT molecular complexity index is 365. The zero-order valence-corrected chi connectivity index (χ0v) is 11.9. The molecule has 0 aromatic heterocycles. The van der Waals surface area contributed by atoms with Gasteiger partial charge in [-0.15, -0.1) is 0 Å². The molecule has 0 aliphatic heterocycles. The van der Waals surface area contributed by atoms with Gasteiger partial charge in [0.15, 0.2) is 0 Å². The number of rotatable bonds is 5. The van der Waals surface area contributed by atoms with Crippen LogP contribution in [0.4, 0.5) is 5.69 Å². The van der Waals surface area contributed by atoms with E-state index in [1.54, 1.807) is 0 Å². The van der Waals surface area contributed by atoms with Gasteiger partial charge in [-0.3, -0.25) is 0 Å². The molecule has 0 spiro atoms. The number of nitrogens with two attached hydrogens (primary N) is 1. The smallest absolute Gasteiger partial charge is 0.0363 e. The second-order valence-electron chi connectivity index (χ2n) is 5.88. The van der Waals surface area contributed by atoms with Crippen LogP contribution in [-0.2, 0) is 0 Å². The normalized spacial score (nSPS) is 24.4. The molecule has 0 amide bonds. The van der Waals surface area contributed by atoms with Gasteiger partial charge >= 0.3 is 0 Å². The number of nitrogens with zero attached hydrogens (tertiary/aromatic N) is 1. The Morgan fingerprint density at radius 3 is 2.39 bits per heavy atom. The van der Waals surface area contributed by atoms with E-state index in [0.29, 0.717) is 12.0 Å². The van der Waals surface area contributed by atoms with Crippen molar-refractivity contribution >= 4 is 5.69 Å². The van der Waals surface area contributed by atoms with Crippen LogP contribution in [0.25, 0.3) is 0 Å². The average molecular weight is 246 g/mol. The van der Waals surface area contributed by atoms with Gasteiger partial charge in [0.1, 0.15) is 0 Å².